The number of nitrogens with one attached hydrogen (secondary N) is 2. The van der Waals surface area contributed by atoms with Crippen LogP contribution in [0.2, 0.25) is 5.02 Å². The van der Waals surface area contributed by atoms with E-state index < -0.39 is 0 Å². The van der Waals surface area contributed by atoms with Gasteiger partial charge in [-0.1, -0.05) is 17.7 Å². The Morgan fingerprint density at radius 1 is 1.18 bits per heavy atom. The molecule has 2 aromatic heterocycles. The molecule has 2 N–H and O–H groups in total. The van der Waals surface area contributed by atoms with E-state index in [-0.39, 0.29) is 11.7 Å². The second-order valence-corrected chi connectivity index (χ2v) is 9.21. The highest BCUT2D eigenvalue weighted by Crippen LogP contribution is 2.33. The second-order valence-electron chi connectivity index (χ2n) is 8.78. The predicted molar refractivity (Wildman–Crippen MR) is 130 cm³/mol. The van der Waals surface area contributed by atoms with Gasteiger partial charge >= 0.3 is 0 Å². The minimum absolute atomic E-state index is 0.0891. The predicted octanol–water partition coefficient (Wildman–Crippen LogP) is 5.43. The molecule has 7 heteroatoms. The van der Waals surface area contributed by atoms with Crippen molar-refractivity contribution in [1.82, 2.24) is 20.2 Å². The molecule has 0 bridgehead atoms. The number of benzene rings is 2. The third-order valence-corrected chi connectivity index (χ3v) is 6.80. The molecule has 1 fully saturated rings. The van der Waals surface area contributed by atoms with Crippen LogP contribution in [0.5, 0.6) is 0 Å². The summed E-state index contributed by atoms with van der Waals surface area (Å²) in [6.45, 7) is 5.23. The number of H-pyrrole nitrogens is 1. The van der Waals surface area contributed by atoms with Gasteiger partial charge in [-0.05, 0) is 80.7 Å². The molecule has 0 atom stereocenters. The molecule has 4 aromatic rings. The zero-order valence-corrected chi connectivity index (χ0v) is 19.3. The lowest BCUT2D eigenvalue weighted by atomic mass is 9.89. The summed E-state index contributed by atoms with van der Waals surface area (Å²) in [7, 11) is 0. The molecule has 1 saturated heterocycles. The number of carbonyl (C=O) groups excluding carboxylic acids is 1. The number of carbonyl (C=O) groups is 1. The van der Waals surface area contributed by atoms with Crippen molar-refractivity contribution in [2.45, 2.75) is 25.7 Å². The summed E-state index contributed by atoms with van der Waals surface area (Å²) in [5, 5.41) is 5.59. The Balaban J connectivity index is 1.17. The monoisotopic (exact) mass is 464 g/mol. The minimum Gasteiger partial charge on any atom is -0.361 e. The number of halogens is 2. The number of likely N-dealkylation sites (tertiary alicyclic amines) is 1. The fraction of sp³-hybridized carbons (Fsp3) is 0.308. The van der Waals surface area contributed by atoms with Gasteiger partial charge in [0.2, 0.25) is 0 Å². The molecule has 1 aliphatic rings. The first-order valence-electron chi connectivity index (χ1n) is 11.3. The van der Waals surface area contributed by atoms with Gasteiger partial charge in [-0.3, -0.25) is 9.78 Å². The Hall–Kier alpha value is -2.96. The van der Waals surface area contributed by atoms with E-state index in [1.54, 1.807) is 18.2 Å². The molecule has 0 saturated carbocycles. The van der Waals surface area contributed by atoms with Crippen LogP contribution < -0.4 is 5.32 Å². The lowest BCUT2D eigenvalue weighted by Gasteiger charge is -2.32. The van der Waals surface area contributed by atoms with E-state index >= 15 is 0 Å². The zero-order valence-electron chi connectivity index (χ0n) is 18.5. The van der Waals surface area contributed by atoms with Crippen LogP contribution in [0.4, 0.5) is 4.39 Å². The number of aromatic amines is 1. The van der Waals surface area contributed by atoms with Crippen molar-refractivity contribution in [2.75, 3.05) is 26.2 Å². The molecule has 2 aromatic carbocycles. The summed E-state index contributed by atoms with van der Waals surface area (Å²) in [5.74, 6) is 0.160. The Morgan fingerprint density at radius 2 is 1.97 bits per heavy atom. The van der Waals surface area contributed by atoms with Gasteiger partial charge in [-0.15, -0.1) is 0 Å². The Bertz CT molecular complexity index is 1320. The number of piperidine rings is 1. The topological polar surface area (TPSA) is 61.0 Å². The SMILES string of the molecule is Cc1cc(C(=O)NCCN2CCC(c3c[nH]c4cc(F)ccc34)CC2)c2ccc(Cl)cc2n1. The largest absolute Gasteiger partial charge is 0.361 e. The quantitative estimate of drug-likeness (QED) is 0.414. The summed E-state index contributed by atoms with van der Waals surface area (Å²) in [6, 6.07) is 12.2. The lowest BCUT2D eigenvalue weighted by Crippen LogP contribution is -2.39. The van der Waals surface area contributed by atoms with E-state index in [2.05, 4.69) is 20.2 Å². The summed E-state index contributed by atoms with van der Waals surface area (Å²) in [5.41, 5.74) is 4.28. The maximum Gasteiger partial charge on any atom is 0.252 e. The molecule has 33 heavy (non-hydrogen) atoms. The number of nitrogens with zero attached hydrogens (tertiary/aromatic N) is 2. The van der Waals surface area contributed by atoms with Gasteiger partial charge in [0.05, 0.1) is 11.1 Å². The van der Waals surface area contributed by atoms with E-state index in [9.17, 15) is 9.18 Å². The highest BCUT2D eigenvalue weighted by molar-refractivity contribution is 6.31. The van der Waals surface area contributed by atoms with Gasteiger partial charge in [0.1, 0.15) is 5.82 Å². The standard InChI is InChI=1S/C26H26ClFN4O/c1-16-12-22(20-4-2-18(27)13-25(20)31-16)26(33)29-8-11-32-9-6-17(7-10-32)23-15-30-24-14-19(28)3-5-21(23)24/h2-5,12-15,17,30H,6-11H2,1H3,(H,29,33). The fourth-order valence-corrected chi connectivity index (χ4v) is 5.04. The molecule has 5 nitrogen and oxygen atoms in total. The third kappa shape index (κ3) is 4.59. The highest BCUT2D eigenvalue weighted by Gasteiger charge is 2.23. The van der Waals surface area contributed by atoms with Crippen LogP contribution >= 0.6 is 11.6 Å². The molecule has 5 rings (SSSR count). The van der Waals surface area contributed by atoms with Crippen LogP contribution in [0, 0.1) is 12.7 Å². The average molecular weight is 465 g/mol. The number of rotatable bonds is 5. The van der Waals surface area contributed by atoms with Crippen molar-refractivity contribution in [3.63, 3.8) is 0 Å². The fourth-order valence-electron chi connectivity index (χ4n) is 4.87. The van der Waals surface area contributed by atoms with Crippen molar-refractivity contribution in [2.24, 2.45) is 0 Å². The van der Waals surface area contributed by atoms with Gasteiger partial charge in [0, 0.05) is 46.3 Å². The molecular weight excluding hydrogens is 439 g/mol. The van der Waals surface area contributed by atoms with Gasteiger partial charge in [-0.2, -0.15) is 0 Å². The van der Waals surface area contributed by atoms with E-state index in [1.165, 1.54) is 11.6 Å². The molecule has 1 aliphatic heterocycles. The van der Waals surface area contributed by atoms with Gasteiger partial charge in [-0.25, -0.2) is 4.39 Å². The smallest absolute Gasteiger partial charge is 0.252 e. The molecule has 3 heterocycles. The number of hydrogen-bond donors (Lipinski definition) is 2. The first-order valence-corrected chi connectivity index (χ1v) is 11.7. The van der Waals surface area contributed by atoms with Crippen LogP contribution in [0.3, 0.4) is 0 Å². The number of pyridine rings is 1. The van der Waals surface area contributed by atoms with E-state index in [0.717, 1.165) is 60.0 Å². The van der Waals surface area contributed by atoms with Crippen molar-refractivity contribution in [3.05, 3.63) is 76.3 Å². The van der Waals surface area contributed by atoms with Crippen molar-refractivity contribution < 1.29 is 9.18 Å². The Kier molecular flexibility index (Phi) is 6.04. The van der Waals surface area contributed by atoms with Gasteiger partial charge in [0.25, 0.3) is 5.91 Å². The average Bonchev–Trinajstić information content (AvgIpc) is 3.21. The third-order valence-electron chi connectivity index (χ3n) is 6.56. The summed E-state index contributed by atoms with van der Waals surface area (Å²) in [4.78, 5) is 23.0. The lowest BCUT2D eigenvalue weighted by molar-refractivity contribution is 0.0947. The van der Waals surface area contributed by atoms with Crippen molar-refractivity contribution >= 4 is 39.3 Å². The van der Waals surface area contributed by atoms with E-state index in [4.69, 9.17) is 11.6 Å². The maximum absolute atomic E-state index is 13.5. The van der Waals surface area contributed by atoms with E-state index in [1.807, 2.05) is 31.3 Å². The Labute approximate surface area is 196 Å². The van der Waals surface area contributed by atoms with Crippen LogP contribution in [-0.4, -0.2) is 47.0 Å². The number of amides is 1. The van der Waals surface area contributed by atoms with Gasteiger partial charge < -0.3 is 15.2 Å². The normalized spacial score (nSPS) is 15.4. The molecule has 170 valence electrons. The molecular formula is C26H26ClFN4O. The van der Waals surface area contributed by atoms with Crippen molar-refractivity contribution in [3.8, 4) is 0 Å². The molecule has 0 unspecified atom stereocenters. The highest BCUT2D eigenvalue weighted by atomic mass is 35.5. The number of hydrogen-bond acceptors (Lipinski definition) is 3. The number of fused-ring (bicyclic) bond motifs is 2. The van der Waals surface area contributed by atoms with Crippen LogP contribution in [-0.2, 0) is 0 Å². The first-order chi connectivity index (χ1) is 16.0. The molecule has 0 spiro atoms. The summed E-state index contributed by atoms with van der Waals surface area (Å²) in [6.07, 6.45) is 4.12. The van der Waals surface area contributed by atoms with Crippen LogP contribution in [0.25, 0.3) is 21.8 Å². The minimum atomic E-state index is -0.216. The molecule has 0 aliphatic carbocycles. The molecule has 1 amide bonds. The van der Waals surface area contributed by atoms with Crippen molar-refractivity contribution in [1.29, 1.82) is 0 Å². The summed E-state index contributed by atoms with van der Waals surface area (Å²) >= 11 is 6.09. The number of aromatic nitrogens is 2. The number of aryl methyl sites for hydroxylation is 1. The van der Waals surface area contributed by atoms with Crippen LogP contribution in [0.1, 0.15) is 40.4 Å². The maximum atomic E-state index is 13.5. The first kappa shape index (κ1) is 21.9. The van der Waals surface area contributed by atoms with Crippen LogP contribution in [0.15, 0.2) is 48.7 Å². The summed E-state index contributed by atoms with van der Waals surface area (Å²) < 4.78 is 13.5. The zero-order chi connectivity index (χ0) is 22.9. The molecule has 0 radical (unpaired) electrons. The van der Waals surface area contributed by atoms with E-state index in [0.29, 0.717) is 23.0 Å². The Morgan fingerprint density at radius 3 is 2.79 bits per heavy atom. The second kappa shape index (κ2) is 9.12. The van der Waals surface area contributed by atoms with Gasteiger partial charge in [0.15, 0.2) is 0 Å².